The van der Waals surface area contributed by atoms with Crippen LogP contribution < -0.4 is 10.6 Å². The normalized spacial score (nSPS) is 9.90. The number of halogens is 1. The first-order valence-corrected chi connectivity index (χ1v) is 6.84. The van der Waals surface area contributed by atoms with Crippen LogP contribution in [-0.2, 0) is 16.0 Å². The van der Waals surface area contributed by atoms with Crippen molar-refractivity contribution < 1.29 is 9.53 Å². The topological polar surface area (TPSA) is 50.4 Å². The molecule has 0 unspecified atom stereocenters. The number of unbranched alkanes of at least 4 members (excludes halogenated alkanes) is 1. The predicted octanol–water partition coefficient (Wildman–Crippen LogP) is 2.63. The van der Waals surface area contributed by atoms with Gasteiger partial charge >= 0.3 is 0 Å². The number of nitrogens with one attached hydrogen (secondary N) is 2. The molecule has 114 valence electrons. The van der Waals surface area contributed by atoms with Crippen LogP contribution in [0.1, 0.15) is 25.3 Å². The zero-order valence-electron chi connectivity index (χ0n) is 12.3. The average molecular weight is 301 g/mol. The van der Waals surface area contributed by atoms with E-state index < -0.39 is 0 Å². The molecule has 0 radical (unpaired) electrons. The van der Waals surface area contributed by atoms with Crippen LogP contribution in [0.5, 0.6) is 0 Å². The van der Waals surface area contributed by atoms with E-state index in [-0.39, 0.29) is 18.3 Å². The zero-order chi connectivity index (χ0) is 13.9. The number of rotatable bonds is 9. The molecule has 0 aliphatic heterocycles. The Kier molecular flexibility index (Phi) is 11.1. The van der Waals surface area contributed by atoms with Crippen molar-refractivity contribution >= 4 is 24.0 Å². The number of anilines is 1. The first kappa shape index (κ1) is 18.9. The maximum absolute atomic E-state index is 11.6. The van der Waals surface area contributed by atoms with Gasteiger partial charge in [0.2, 0.25) is 5.91 Å². The van der Waals surface area contributed by atoms with Crippen molar-refractivity contribution in [1.29, 1.82) is 0 Å². The van der Waals surface area contributed by atoms with E-state index in [0.717, 1.165) is 12.1 Å². The van der Waals surface area contributed by atoms with Crippen molar-refractivity contribution in [3.63, 3.8) is 0 Å². The smallest absolute Gasteiger partial charge is 0.238 e. The molecule has 0 fully saturated rings. The van der Waals surface area contributed by atoms with Crippen LogP contribution in [0.2, 0.25) is 0 Å². The summed E-state index contributed by atoms with van der Waals surface area (Å²) in [5.41, 5.74) is 2.16. The van der Waals surface area contributed by atoms with Crippen LogP contribution >= 0.6 is 12.4 Å². The van der Waals surface area contributed by atoms with Crippen LogP contribution in [0.3, 0.4) is 0 Å². The first-order chi connectivity index (χ1) is 9.26. The van der Waals surface area contributed by atoms with E-state index in [1.165, 1.54) is 18.4 Å². The molecular formula is C15H25ClN2O2. The lowest BCUT2D eigenvalue weighted by atomic mass is 10.1. The van der Waals surface area contributed by atoms with Crippen LogP contribution in [0.15, 0.2) is 24.3 Å². The van der Waals surface area contributed by atoms with Crippen molar-refractivity contribution in [3.8, 4) is 0 Å². The number of aryl methyl sites for hydroxylation is 1. The third-order valence-electron chi connectivity index (χ3n) is 2.83. The molecule has 4 nitrogen and oxygen atoms in total. The minimum atomic E-state index is -0.0302. The second kappa shape index (κ2) is 11.7. The van der Waals surface area contributed by atoms with Gasteiger partial charge < -0.3 is 15.4 Å². The molecule has 0 atom stereocenters. The highest BCUT2D eigenvalue weighted by Crippen LogP contribution is 2.11. The van der Waals surface area contributed by atoms with E-state index in [1.807, 2.05) is 12.1 Å². The zero-order valence-corrected chi connectivity index (χ0v) is 13.1. The summed E-state index contributed by atoms with van der Waals surface area (Å²) < 4.78 is 4.89. The second-order valence-electron chi connectivity index (χ2n) is 4.52. The van der Waals surface area contributed by atoms with Crippen molar-refractivity contribution in [1.82, 2.24) is 5.32 Å². The highest BCUT2D eigenvalue weighted by atomic mass is 35.5. The Morgan fingerprint density at radius 1 is 1.25 bits per heavy atom. The van der Waals surface area contributed by atoms with Crippen molar-refractivity contribution in [2.75, 3.05) is 32.1 Å². The molecular weight excluding hydrogens is 276 g/mol. The van der Waals surface area contributed by atoms with Crippen LogP contribution in [-0.4, -0.2) is 32.7 Å². The Morgan fingerprint density at radius 3 is 2.55 bits per heavy atom. The van der Waals surface area contributed by atoms with Gasteiger partial charge in [-0.25, -0.2) is 0 Å². The van der Waals surface area contributed by atoms with Gasteiger partial charge in [0.15, 0.2) is 0 Å². The summed E-state index contributed by atoms with van der Waals surface area (Å²) in [6.07, 6.45) is 3.50. The van der Waals surface area contributed by atoms with E-state index in [2.05, 4.69) is 29.7 Å². The number of ether oxygens (including phenoxy) is 1. The summed E-state index contributed by atoms with van der Waals surface area (Å²) in [5.74, 6) is -0.0302. The van der Waals surface area contributed by atoms with Gasteiger partial charge in [-0.15, -0.1) is 12.4 Å². The molecule has 0 bridgehead atoms. The van der Waals surface area contributed by atoms with E-state index >= 15 is 0 Å². The Morgan fingerprint density at radius 2 is 1.95 bits per heavy atom. The average Bonchev–Trinajstić information content (AvgIpc) is 2.43. The number of methoxy groups -OCH3 is 1. The van der Waals surface area contributed by atoms with Crippen molar-refractivity contribution in [2.45, 2.75) is 26.2 Å². The number of amides is 1. The molecule has 0 aliphatic rings. The van der Waals surface area contributed by atoms with Crippen molar-refractivity contribution in [2.24, 2.45) is 0 Å². The van der Waals surface area contributed by atoms with Gasteiger partial charge in [-0.1, -0.05) is 25.5 Å². The van der Waals surface area contributed by atoms with Gasteiger partial charge in [-0.3, -0.25) is 4.79 Å². The lowest BCUT2D eigenvalue weighted by Gasteiger charge is -2.07. The van der Waals surface area contributed by atoms with E-state index in [0.29, 0.717) is 19.7 Å². The summed E-state index contributed by atoms with van der Waals surface area (Å²) in [4.78, 5) is 11.6. The molecule has 0 saturated heterocycles. The Bertz CT molecular complexity index is 369. The highest BCUT2D eigenvalue weighted by molar-refractivity contribution is 5.92. The minimum absolute atomic E-state index is 0. The number of carbonyl (C=O) groups excluding carboxylic acids is 1. The Labute approximate surface area is 127 Å². The Balaban J connectivity index is 0.00000361. The fourth-order valence-electron chi connectivity index (χ4n) is 1.72. The minimum Gasteiger partial charge on any atom is -0.383 e. The van der Waals surface area contributed by atoms with Gasteiger partial charge in [-0.2, -0.15) is 0 Å². The molecule has 0 aliphatic carbocycles. The maximum atomic E-state index is 11.6. The number of carbonyl (C=O) groups is 1. The van der Waals surface area contributed by atoms with Crippen LogP contribution in [0.4, 0.5) is 5.69 Å². The van der Waals surface area contributed by atoms with Gasteiger partial charge in [0.05, 0.1) is 13.2 Å². The fourth-order valence-corrected chi connectivity index (χ4v) is 1.72. The summed E-state index contributed by atoms with van der Waals surface area (Å²) in [6, 6.07) is 8.06. The van der Waals surface area contributed by atoms with Gasteiger partial charge in [0, 0.05) is 19.3 Å². The molecule has 0 saturated carbocycles. The largest absolute Gasteiger partial charge is 0.383 e. The third-order valence-corrected chi connectivity index (χ3v) is 2.83. The first-order valence-electron chi connectivity index (χ1n) is 6.84. The van der Waals surface area contributed by atoms with Gasteiger partial charge in [-0.05, 0) is 30.5 Å². The van der Waals surface area contributed by atoms with Crippen LogP contribution in [0.25, 0.3) is 0 Å². The lowest BCUT2D eigenvalue weighted by Crippen LogP contribution is -2.30. The molecule has 1 amide bonds. The molecule has 2 N–H and O–H groups in total. The summed E-state index contributed by atoms with van der Waals surface area (Å²) in [6.45, 7) is 3.78. The van der Waals surface area contributed by atoms with Crippen LogP contribution in [0, 0.1) is 0 Å². The fraction of sp³-hybridized carbons (Fsp3) is 0.533. The van der Waals surface area contributed by atoms with E-state index in [4.69, 9.17) is 4.74 Å². The van der Waals surface area contributed by atoms with Gasteiger partial charge in [0.1, 0.15) is 0 Å². The lowest BCUT2D eigenvalue weighted by molar-refractivity contribution is -0.115. The number of benzene rings is 1. The standard InChI is InChI=1S/C15H24N2O2.ClH/c1-3-4-5-13-6-8-14(9-7-13)17-15(18)12-16-10-11-19-2;/h6-9,16H,3-5,10-12H2,1-2H3,(H,17,18);1H. The van der Waals surface area contributed by atoms with Crippen molar-refractivity contribution in [3.05, 3.63) is 29.8 Å². The van der Waals surface area contributed by atoms with E-state index in [1.54, 1.807) is 7.11 Å². The molecule has 5 heteroatoms. The molecule has 0 aromatic heterocycles. The monoisotopic (exact) mass is 300 g/mol. The third kappa shape index (κ3) is 8.15. The Hall–Kier alpha value is -1.10. The summed E-state index contributed by atoms with van der Waals surface area (Å²) in [5, 5.41) is 5.87. The maximum Gasteiger partial charge on any atom is 0.238 e. The summed E-state index contributed by atoms with van der Waals surface area (Å²) in [7, 11) is 1.64. The predicted molar refractivity (Wildman–Crippen MR) is 85.7 cm³/mol. The SMILES string of the molecule is CCCCc1ccc(NC(=O)CNCCOC)cc1.Cl. The number of hydrogen-bond acceptors (Lipinski definition) is 3. The molecule has 1 rings (SSSR count). The molecule has 1 aromatic carbocycles. The molecule has 0 heterocycles. The van der Waals surface area contributed by atoms with E-state index in [9.17, 15) is 4.79 Å². The number of hydrogen-bond donors (Lipinski definition) is 2. The molecule has 0 spiro atoms. The molecule has 20 heavy (non-hydrogen) atoms. The molecule has 1 aromatic rings. The van der Waals surface area contributed by atoms with Gasteiger partial charge in [0.25, 0.3) is 0 Å². The quantitative estimate of drug-likeness (QED) is 0.689. The second-order valence-corrected chi connectivity index (χ2v) is 4.52. The highest BCUT2D eigenvalue weighted by Gasteiger charge is 2.01. The summed E-state index contributed by atoms with van der Waals surface area (Å²) >= 11 is 0.